The van der Waals surface area contributed by atoms with Crippen LogP contribution >= 0.6 is 11.8 Å². The van der Waals surface area contributed by atoms with Crippen LogP contribution in [0.15, 0.2) is 23.4 Å². The predicted molar refractivity (Wildman–Crippen MR) is 106 cm³/mol. The number of hydrogen-bond donors (Lipinski definition) is 1. The summed E-state index contributed by atoms with van der Waals surface area (Å²) >= 11 is 1.44. The molecule has 0 spiro atoms. The summed E-state index contributed by atoms with van der Waals surface area (Å²) in [4.78, 5) is 12.6. The van der Waals surface area contributed by atoms with E-state index < -0.39 is 0 Å². The zero-order chi connectivity index (χ0) is 19.6. The monoisotopic (exact) mass is 390 g/mol. The molecule has 3 rings (SSSR count). The van der Waals surface area contributed by atoms with Gasteiger partial charge in [-0.15, -0.1) is 10.2 Å². The number of ether oxygens (including phenoxy) is 2. The van der Waals surface area contributed by atoms with Crippen LogP contribution in [0, 0.1) is 0 Å². The van der Waals surface area contributed by atoms with E-state index in [1.165, 1.54) is 11.8 Å². The predicted octanol–water partition coefficient (Wildman–Crippen LogP) is 3.87. The number of aromatic nitrogens is 3. The van der Waals surface area contributed by atoms with Crippen molar-refractivity contribution in [2.24, 2.45) is 0 Å². The third-order valence-electron chi connectivity index (χ3n) is 4.42. The van der Waals surface area contributed by atoms with Gasteiger partial charge in [-0.3, -0.25) is 4.79 Å². The van der Waals surface area contributed by atoms with Gasteiger partial charge in [-0.25, -0.2) is 0 Å². The topological polar surface area (TPSA) is 78.3 Å². The molecule has 1 aliphatic rings. The minimum atomic E-state index is -0.306. The zero-order valence-corrected chi connectivity index (χ0v) is 17.2. The Kier molecular flexibility index (Phi) is 5.94. The van der Waals surface area contributed by atoms with Crippen molar-refractivity contribution in [1.82, 2.24) is 14.8 Å². The van der Waals surface area contributed by atoms with Crippen molar-refractivity contribution in [3.8, 4) is 11.5 Å². The second-order valence-electron chi connectivity index (χ2n) is 6.92. The van der Waals surface area contributed by atoms with Gasteiger partial charge in [0, 0.05) is 23.7 Å². The number of thioether (sulfide) groups is 1. The van der Waals surface area contributed by atoms with E-state index in [0.29, 0.717) is 29.1 Å². The molecule has 1 aromatic heterocycles. The highest BCUT2D eigenvalue weighted by atomic mass is 32.2. The average molecular weight is 391 g/mol. The highest BCUT2D eigenvalue weighted by Crippen LogP contribution is 2.41. The number of nitrogens with zero attached hydrogens (tertiary/aromatic N) is 3. The molecule has 0 radical (unpaired) electrons. The number of rotatable bonds is 8. The molecular weight excluding hydrogens is 364 g/mol. The first kappa shape index (κ1) is 19.5. The molecule has 1 aliphatic carbocycles. The fraction of sp³-hybridized carbons (Fsp3) is 0.526. The van der Waals surface area contributed by atoms with Crippen molar-refractivity contribution in [2.75, 3.05) is 19.5 Å². The van der Waals surface area contributed by atoms with Crippen molar-refractivity contribution in [3.05, 3.63) is 24.0 Å². The molecule has 0 bridgehead atoms. The molecule has 1 heterocycles. The number of carbonyl (C=O) groups is 1. The van der Waals surface area contributed by atoms with Crippen molar-refractivity contribution in [1.29, 1.82) is 0 Å². The molecule has 1 N–H and O–H groups in total. The van der Waals surface area contributed by atoms with Crippen LogP contribution in [-0.2, 0) is 4.79 Å². The second-order valence-corrected chi connectivity index (χ2v) is 8.22. The maximum absolute atomic E-state index is 12.6. The van der Waals surface area contributed by atoms with Crippen LogP contribution in [0.2, 0.25) is 0 Å². The lowest BCUT2D eigenvalue weighted by atomic mass is 10.2. The zero-order valence-electron chi connectivity index (χ0n) is 16.4. The van der Waals surface area contributed by atoms with Crippen molar-refractivity contribution >= 4 is 23.4 Å². The molecule has 7 nitrogen and oxygen atoms in total. The van der Waals surface area contributed by atoms with E-state index in [0.717, 1.165) is 23.8 Å². The molecule has 27 heavy (non-hydrogen) atoms. The maximum atomic E-state index is 12.6. The molecule has 1 atom stereocenters. The normalized spacial score (nSPS) is 14.9. The smallest absolute Gasteiger partial charge is 0.237 e. The van der Waals surface area contributed by atoms with Crippen molar-refractivity contribution in [3.63, 3.8) is 0 Å². The molecule has 1 amide bonds. The number of nitrogens with one attached hydrogen (secondary N) is 1. The van der Waals surface area contributed by atoms with E-state index in [9.17, 15) is 4.79 Å². The van der Waals surface area contributed by atoms with Gasteiger partial charge in [0.1, 0.15) is 5.82 Å². The van der Waals surface area contributed by atoms with E-state index in [-0.39, 0.29) is 11.2 Å². The Morgan fingerprint density at radius 1 is 1.19 bits per heavy atom. The van der Waals surface area contributed by atoms with Gasteiger partial charge >= 0.3 is 0 Å². The van der Waals surface area contributed by atoms with Crippen LogP contribution in [0.25, 0.3) is 0 Å². The van der Waals surface area contributed by atoms with E-state index in [1.54, 1.807) is 32.4 Å². The van der Waals surface area contributed by atoms with Gasteiger partial charge in [-0.2, -0.15) is 0 Å². The van der Waals surface area contributed by atoms with Gasteiger partial charge in [0.15, 0.2) is 16.7 Å². The summed E-state index contributed by atoms with van der Waals surface area (Å²) in [7, 11) is 3.15. The van der Waals surface area contributed by atoms with E-state index in [1.807, 2.05) is 6.92 Å². The Hall–Kier alpha value is -2.22. The molecule has 0 aliphatic heterocycles. The molecule has 1 fully saturated rings. The molecule has 1 saturated carbocycles. The summed E-state index contributed by atoms with van der Waals surface area (Å²) < 4.78 is 12.7. The first-order chi connectivity index (χ1) is 12.9. The molecular formula is C19H26N4O3S. The average Bonchev–Trinajstić information content (AvgIpc) is 3.41. The second kappa shape index (κ2) is 8.21. The molecule has 8 heteroatoms. The molecule has 2 aromatic rings. The fourth-order valence-corrected chi connectivity index (χ4v) is 3.73. The minimum Gasteiger partial charge on any atom is -0.493 e. The van der Waals surface area contributed by atoms with Crippen LogP contribution < -0.4 is 14.8 Å². The summed E-state index contributed by atoms with van der Waals surface area (Å²) in [5.74, 6) is 2.40. The number of carbonyl (C=O) groups excluding carboxylic acids is 1. The number of methoxy groups -OCH3 is 2. The van der Waals surface area contributed by atoms with Crippen LogP contribution in [0.5, 0.6) is 11.5 Å². The van der Waals surface area contributed by atoms with E-state index >= 15 is 0 Å². The largest absolute Gasteiger partial charge is 0.493 e. The molecule has 1 aromatic carbocycles. The first-order valence-electron chi connectivity index (χ1n) is 9.09. The van der Waals surface area contributed by atoms with Gasteiger partial charge in [0.05, 0.1) is 19.5 Å². The first-order valence-corrected chi connectivity index (χ1v) is 9.96. The summed E-state index contributed by atoms with van der Waals surface area (Å²) in [5.41, 5.74) is 0.664. The Labute approximate surface area is 163 Å². The molecule has 1 unspecified atom stereocenters. The lowest BCUT2D eigenvalue weighted by Gasteiger charge is -2.15. The number of anilines is 1. The number of hydrogen-bond acceptors (Lipinski definition) is 6. The summed E-state index contributed by atoms with van der Waals surface area (Å²) in [6.45, 7) is 6.11. The Morgan fingerprint density at radius 2 is 1.89 bits per heavy atom. The highest BCUT2D eigenvalue weighted by Gasteiger charge is 2.31. The lowest BCUT2D eigenvalue weighted by molar-refractivity contribution is -0.115. The Bertz CT molecular complexity index is 817. The SMILES string of the molecule is COc1ccc(NC(=O)C(C)Sc2nnc(C(C)C)n2C2CC2)cc1OC. The van der Waals surface area contributed by atoms with E-state index in [4.69, 9.17) is 9.47 Å². The summed E-state index contributed by atoms with van der Waals surface area (Å²) in [6.07, 6.45) is 2.30. The number of amides is 1. The van der Waals surface area contributed by atoms with Gasteiger partial charge < -0.3 is 19.4 Å². The Balaban J connectivity index is 1.70. The van der Waals surface area contributed by atoms with Gasteiger partial charge in [-0.05, 0) is 31.9 Å². The van der Waals surface area contributed by atoms with E-state index in [2.05, 4.69) is 33.9 Å². The maximum Gasteiger partial charge on any atom is 0.237 e. The third kappa shape index (κ3) is 4.37. The van der Waals surface area contributed by atoms with Crippen LogP contribution in [-0.4, -0.2) is 40.1 Å². The van der Waals surface area contributed by atoms with Crippen LogP contribution in [0.1, 0.15) is 51.4 Å². The highest BCUT2D eigenvalue weighted by molar-refractivity contribution is 8.00. The summed E-state index contributed by atoms with van der Waals surface area (Å²) in [6, 6.07) is 5.78. The lowest BCUT2D eigenvalue weighted by Crippen LogP contribution is -2.23. The fourth-order valence-electron chi connectivity index (χ4n) is 2.81. The van der Waals surface area contributed by atoms with Gasteiger partial charge in [-0.1, -0.05) is 25.6 Å². The summed E-state index contributed by atoms with van der Waals surface area (Å²) in [5, 5.41) is 12.1. The molecule has 0 saturated heterocycles. The minimum absolute atomic E-state index is 0.0938. The number of benzene rings is 1. The van der Waals surface area contributed by atoms with Gasteiger partial charge in [0.25, 0.3) is 0 Å². The molecule has 146 valence electrons. The van der Waals surface area contributed by atoms with Crippen LogP contribution in [0.3, 0.4) is 0 Å². The van der Waals surface area contributed by atoms with Crippen molar-refractivity contribution in [2.45, 2.75) is 56.0 Å². The third-order valence-corrected chi connectivity index (χ3v) is 5.48. The standard InChI is InChI=1S/C19H26N4O3S/c1-11(2)17-21-22-19(23(17)14-7-8-14)27-12(3)18(24)20-13-6-9-15(25-4)16(10-13)26-5/h6,9-12,14H,7-8H2,1-5H3,(H,20,24). The quantitative estimate of drug-likeness (QED) is 0.690. The van der Waals surface area contributed by atoms with Crippen molar-refractivity contribution < 1.29 is 14.3 Å². The van der Waals surface area contributed by atoms with Gasteiger partial charge in [0.2, 0.25) is 5.91 Å². The Morgan fingerprint density at radius 3 is 2.48 bits per heavy atom. The van der Waals surface area contributed by atoms with Crippen LogP contribution in [0.4, 0.5) is 5.69 Å².